The first-order chi connectivity index (χ1) is 5.74. The summed E-state index contributed by atoms with van der Waals surface area (Å²) in [5.74, 6) is -1.24. The summed E-state index contributed by atoms with van der Waals surface area (Å²) in [4.78, 5) is 10.3. The molecule has 0 saturated heterocycles. The third kappa shape index (κ3) is 1.73. The van der Waals surface area contributed by atoms with Crippen LogP contribution in [0.3, 0.4) is 0 Å². The quantitative estimate of drug-likeness (QED) is 0.526. The first kappa shape index (κ1) is 8.08. The van der Waals surface area contributed by atoms with Gasteiger partial charge in [-0.1, -0.05) is 0 Å². The predicted molar refractivity (Wildman–Crippen MR) is 39.9 cm³/mol. The molecule has 0 aliphatic carbocycles. The van der Waals surface area contributed by atoms with E-state index >= 15 is 0 Å². The molecule has 0 aliphatic rings. The van der Waals surface area contributed by atoms with E-state index in [1.807, 2.05) is 0 Å². The fourth-order valence-electron chi connectivity index (χ4n) is 0.666. The molecule has 0 aliphatic heterocycles. The highest BCUT2D eigenvalue weighted by Gasteiger charge is 2.05. The number of aliphatic carboxylic acids is 1. The average molecular weight is 163 g/mol. The monoisotopic (exact) mass is 163 g/mol. The zero-order valence-electron chi connectivity index (χ0n) is 6.02. The molecule has 60 valence electrons. The molecule has 0 spiro atoms. The van der Waals surface area contributed by atoms with Crippen molar-refractivity contribution in [1.29, 1.82) is 5.26 Å². The lowest BCUT2D eigenvalue weighted by molar-refractivity contribution is -0.132. The number of carboxylic acid groups (broad SMARTS) is 1. The zero-order valence-corrected chi connectivity index (χ0v) is 6.02. The third-order valence-corrected chi connectivity index (χ3v) is 1.21. The van der Waals surface area contributed by atoms with Gasteiger partial charge in [0, 0.05) is 5.56 Å². The molecule has 1 N–H and O–H groups in total. The Bertz CT molecular complexity index is 343. The molecule has 0 aromatic carbocycles. The molecule has 1 rings (SSSR count). The van der Waals surface area contributed by atoms with E-state index in [1.54, 1.807) is 12.1 Å². The molecule has 1 aromatic rings. The number of furan rings is 1. The number of carboxylic acids is 1. The van der Waals surface area contributed by atoms with Crippen LogP contribution in [-0.2, 0) is 4.79 Å². The first-order valence-electron chi connectivity index (χ1n) is 3.11. The molecule has 1 aromatic heterocycles. The van der Waals surface area contributed by atoms with Crippen molar-refractivity contribution < 1.29 is 14.3 Å². The molecule has 0 fully saturated rings. The van der Waals surface area contributed by atoms with E-state index in [0.29, 0.717) is 5.56 Å². The van der Waals surface area contributed by atoms with Crippen LogP contribution in [0.15, 0.2) is 28.6 Å². The first-order valence-corrected chi connectivity index (χ1v) is 3.11. The molecule has 0 amide bonds. The minimum Gasteiger partial charge on any atom is -0.477 e. The van der Waals surface area contributed by atoms with E-state index in [9.17, 15) is 4.79 Å². The smallest absolute Gasteiger partial charge is 0.346 e. The van der Waals surface area contributed by atoms with Crippen molar-refractivity contribution in [3.8, 4) is 6.07 Å². The minimum atomic E-state index is -1.24. The standard InChI is InChI=1S/C8H5NO3/c9-4-7(8(10)11)3-6-1-2-12-5-6/h1-3,5H,(H,10,11)/b7-3-. The maximum absolute atomic E-state index is 10.3. The van der Waals surface area contributed by atoms with E-state index in [1.165, 1.54) is 18.6 Å². The van der Waals surface area contributed by atoms with Crippen LogP contribution in [0.25, 0.3) is 6.08 Å². The summed E-state index contributed by atoms with van der Waals surface area (Å²) in [7, 11) is 0. The second-order valence-electron chi connectivity index (χ2n) is 2.03. The summed E-state index contributed by atoms with van der Waals surface area (Å²) in [6, 6.07) is 3.13. The van der Waals surface area contributed by atoms with Gasteiger partial charge in [0.25, 0.3) is 0 Å². The molecule has 1 heterocycles. The van der Waals surface area contributed by atoms with Gasteiger partial charge in [0.1, 0.15) is 11.6 Å². The Morgan fingerprint density at radius 3 is 2.92 bits per heavy atom. The van der Waals surface area contributed by atoms with Gasteiger partial charge in [-0.3, -0.25) is 0 Å². The molecule has 0 radical (unpaired) electrons. The lowest BCUT2D eigenvalue weighted by atomic mass is 10.2. The molecular weight excluding hydrogens is 158 g/mol. The molecule has 4 nitrogen and oxygen atoms in total. The molecule has 0 bridgehead atoms. The molecule has 0 atom stereocenters. The van der Waals surface area contributed by atoms with Crippen molar-refractivity contribution in [2.24, 2.45) is 0 Å². The van der Waals surface area contributed by atoms with Crippen LogP contribution in [0.1, 0.15) is 5.56 Å². The van der Waals surface area contributed by atoms with Crippen molar-refractivity contribution >= 4 is 12.0 Å². The second kappa shape index (κ2) is 3.39. The van der Waals surface area contributed by atoms with E-state index < -0.39 is 5.97 Å². The van der Waals surface area contributed by atoms with Crippen molar-refractivity contribution in [3.63, 3.8) is 0 Å². The predicted octanol–water partition coefficient (Wildman–Crippen LogP) is 1.27. The number of hydrogen-bond donors (Lipinski definition) is 1. The highest BCUT2D eigenvalue weighted by Crippen LogP contribution is 2.06. The Morgan fingerprint density at radius 2 is 2.50 bits per heavy atom. The summed E-state index contributed by atoms with van der Waals surface area (Å²) in [5.41, 5.74) is 0.255. The van der Waals surface area contributed by atoms with E-state index in [4.69, 9.17) is 14.8 Å². The maximum Gasteiger partial charge on any atom is 0.346 e. The van der Waals surface area contributed by atoms with Crippen LogP contribution in [0, 0.1) is 11.3 Å². The van der Waals surface area contributed by atoms with Gasteiger partial charge in [0.15, 0.2) is 0 Å². The Balaban J connectivity index is 2.95. The molecule has 4 heteroatoms. The summed E-state index contributed by atoms with van der Waals surface area (Å²) in [5, 5.41) is 16.8. The Morgan fingerprint density at radius 1 is 1.75 bits per heavy atom. The van der Waals surface area contributed by atoms with Crippen molar-refractivity contribution in [2.45, 2.75) is 0 Å². The van der Waals surface area contributed by atoms with E-state index in [0.717, 1.165) is 0 Å². The zero-order chi connectivity index (χ0) is 8.97. The summed E-state index contributed by atoms with van der Waals surface area (Å²) in [6.07, 6.45) is 4.01. The van der Waals surface area contributed by atoms with Gasteiger partial charge in [0.2, 0.25) is 0 Å². The van der Waals surface area contributed by atoms with Crippen molar-refractivity contribution in [3.05, 3.63) is 29.7 Å². The largest absolute Gasteiger partial charge is 0.477 e. The summed E-state index contributed by atoms with van der Waals surface area (Å²) >= 11 is 0. The fourth-order valence-corrected chi connectivity index (χ4v) is 0.666. The van der Waals surface area contributed by atoms with Gasteiger partial charge < -0.3 is 9.52 Å². The average Bonchev–Trinajstić information content (AvgIpc) is 2.51. The van der Waals surface area contributed by atoms with Gasteiger partial charge in [-0.25, -0.2) is 4.79 Å². The normalized spacial score (nSPS) is 10.8. The highest BCUT2D eigenvalue weighted by atomic mass is 16.4. The third-order valence-electron chi connectivity index (χ3n) is 1.21. The molecular formula is C8H5NO3. The number of hydrogen-bond acceptors (Lipinski definition) is 3. The van der Waals surface area contributed by atoms with Gasteiger partial charge in [-0.2, -0.15) is 5.26 Å². The maximum atomic E-state index is 10.3. The number of nitrogens with zero attached hydrogens (tertiary/aromatic N) is 1. The van der Waals surface area contributed by atoms with Gasteiger partial charge in [-0.15, -0.1) is 0 Å². The van der Waals surface area contributed by atoms with Crippen LogP contribution in [-0.4, -0.2) is 11.1 Å². The summed E-state index contributed by atoms with van der Waals surface area (Å²) < 4.78 is 4.69. The molecule has 12 heavy (non-hydrogen) atoms. The SMILES string of the molecule is N#C/C(=C/c1ccoc1)C(=O)O. The van der Waals surface area contributed by atoms with Crippen LogP contribution in [0.2, 0.25) is 0 Å². The molecule has 0 unspecified atom stereocenters. The van der Waals surface area contributed by atoms with Crippen LogP contribution < -0.4 is 0 Å². The second-order valence-corrected chi connectivity index (χ2v) is 2.03. The van der Waals surface area contributed by atoms with E-state index in [-0.39, 0.29) is 5.57 Å². The fraction of sp³-hybridized carbons (Fsp3) is 0. The topological polar surface area (TPSA) is 74.2 Å². The Kier molecular flexibility index (Phi) is 2.29. The lowest BCUT2D eigenvalue weighted by Gasteiger charge is -1.86. The van der Waals surface area contributed by atoms with Gasteiger partial charge in [-0.05, 0) is 12.1 Å². The van der Waals surface area contributed by atoms with Crippen LogP contribution >= 0.6 is 0 Å². The number of rotatable bonds is 2. The Labute approximate surface area is 68.3 Å². The van der Waals surface area contributed by atoms with Crippen LogP contribution in [0.5, 0.6) is 0 Å². The van der Waals surface area contributed by atoms with Crippen molar-refractivity contribution in [2.75, 3.05) is 0 Å². The number of nitriles is 1. The highest BCUT2D eigenvalue weighted by molar-refractivity contribution is 5.96. The minimum absolute atomic E-state index is 0.309. The lowest BCUT2D eigenvalue weighted by Crippen LogP contribution is -1.96. The van der Waals surface area contributed by atoms with Gasteiger partial charge in [0.05, 0.1) is 12.5 Å². The van der Waals surface area contributed by atoms with Crippen molar-refractivity contribution in [1.82, 2.24) is 0 Å². The van der Waals surface area contributed by atoms with E-state index in [2.05, 4.69) is 0 Å². The Hall–Kier alpha value is -2.02. The summed E-state index contributed by atoms with van der Waals surface area (Å²) in [6.45, 7) is 0. The van der Waals surface area contributed by atoms with Crippen LogP contribution in [0.4, 0.5) is 0 Å². The van der Waals surface area contributed by atoms with Gasteiger partial charge >= 0.3 is 5.97 Å². The number of carbonyl (C=O) groups is 1. The molecule has 0 saturated carbocycles.